The normalized spacial score (nSPS) is 18.4. The third-order valence-electron chi connectivity index (χ3n) is 7.58. The van der Waals surface area contributed by atoms with Crippen LogP contribution < -0.4 is 9.47 Å². The van der Waals surface area contributed by atoms with Crippen molar-refractivity contribution in [3.63, 3.8) is 0 Å². The first-order chi connectivity index (χ1) is 22.2. The van der Waals surface area contributed by atoms with Crippen molar-refractivity contribution in [2.24, 2.45) is 0 Å². The van der Waals surface area contributed by atoms with Crippen LogP contribution in [0.5, 0.6) is 11.6 Å². The monoisotopic (exact) mass is 765 g/mol. The summed E-state index contributed by atoms with van der Waals surface area (Å²) in [6, 6.07) is 4.93. The number of aryl methyl sites for hydroxylation is 1. The highest BCUT2D eigenvalue weighted by Crippen LogP contribution is 2.43. The second-order valence-electron chi connectivity index (χ2n) is 12.9. The van der Waals surface area contributed by atoms with Gasteiger partial charge in [0, 0.05) is 25.4 Å². The summed E-state index contributed by atoms with van der Waals surface area (Å²) < 4.78 is 20.6. The van der Waals surface area contributed by atoms with Gasteiger partial charge in [-0.2, -0.15) is 0 Å². The Balaban J connectivity index is 1.58. The van der Waals surface area contributed by atoms with Gasteiger partial charge in [0.15, 0.2) is 11.4 Å². The Labute approximate surface area is 303 Å². The van der Waals surface area contributed by atoms with Crippen LogP contribution in [-0.2, 0) is 14.3 Å². The number of rotatable bonds is 8. The van der Waals surface area contributed by atoms with Crippen molar-refractivity contribution >= 4 is 81.7 Å². The third kappa shape index (κ3) is 8.84. The van der Waals surface area contributed by atoms with E-state index in [4.69, 9.17) is 77.0 Å². The molecule has 2 aromatic rings. The summed E-state index contributed by atoms with van der Waals surface area (Å²) in [6.07, 6.45) is 0.0116. The number of hydrogen-bond acceptors (Lipinski definition) is 8. The Bertz CT molecular complexity index is 1560. The van der Waals surface area contributed by atoms with E-state index in [9.17, 15) is 19.5 Å². The van der Waals surface area contributed by atoms with E-state index in [-0.39, 0.29) is 44.2 Å². The van der Waals surface area contributed by atoms with Crippen molar-refractivity contribution in [2.75, 3.05) is 26.3 Å². The van der Waals surface area contributed by atoms with Gasteiger partial charge in [-0.1, -0.05) is 58.0 Å². The van der Waals surface area contributed by atoms with Crippen molar-refractivity contribution in [2.45, 2.75) is 75.0 Å². The first-order valence-corrected chi connectivity index (χ1v) is 16.8. The number of carboxylic acids is 1. The molecule has 0 aliphatic carbocycles. The Hall–Kier alpha value is -2.83. The van der Waals surface area contributed by atoms with Crippen LogP contribution >= 0.6 is 58.0 Å². The van der Waals surface area contributed by atoms with Crippen LogP contribution in [0.25, 0.3) is 5.57 Å². The van der Waals surface area contributed by atoms with Crippen LogP contribution in [-0.4, -0.2) is 91.4 Å². The smallest absolute Gasteiger partial charge is 0.411 e. The molecule has 48 heavy (non-hydrogen) atoms. The fourth-order valence-corrected chi connectivity index (χ4v) is 6.11. The molecule has 1 fully saturated rings. The first kappa shape index (κ1) is 38.0. The van der Waals surface area contributed by atoms with Crippen molar-refractivity contribution in [3.8, 4) is 11.6 Å². The molecule has 0 unspecified atom stereocenters. The molecular formula is C32H36Cl5N3O8. The second-order valence-corrected chi connectivity index (χ2v) is 16.0. The average Bonchev–Trinajstić information content (AvgIpc) is 2.93. The molecule has 262 valence electrons. The fraction of sp³-hybridized carbons (Fsp3) is 0.500. The van der Waals surface area contributed by atoms with E-state index in [1.54, 1.807) is 45.0 Å². The number of benzene rings is 1. The molecule has 1 N–H and O–H groups in total. The fourth-order valence-electron chi connectivity index (χ4n) is 5.29. The first-order valence-electron chi connectivity index (χ1n) is 14.9. The number of aromatic nitrogens is 1. The van der Waals surface area contributed by atoms with Gasteiger partial charge in [-0.25, -0.2) is 19.4 Å². The maximum absolute atomic E-state index is 13.6. The highest BCUT2D eigenvalue weighted by Gasteiger charge is 2.51. The van der Waals surface area contributed by atoms with Gasteiger partial charge in [-0.05, 0) is 82.9 Å². The summed E-state index contributed by atoms with van der Waals surface area (Å²) in [6.45, 7) is 10.0. The number of aliphatic carboxylic acids is 1. The summed E-state index contributed by atoms with van der Waals surface area (Å²) >= 11 is 30.7. The SMILES string of the molecule is Cc1cc(Cl)c(OCCOc2ccc(C3=C(C(=O)O)[C@H]4CN(C(=O)OC(C)(C)C)C[C@@H](C3)N4C(=O)OC(C)(C)C(Cl)(Cl)Cl)cn2)c(Cl)c1. The minimum Gasteiger partial charge on any atom is -0.487 e. The van der Waals surface area contributed by atoms with E-state index in [2.05, 4.69) is 4.98 Å². The zero-order valence-electron chi connectivity index (χ0n) is 27.1. The molecule has 16 heteroatoms. The summed E-state index contributed by atoms with van der Waals surface area (Å²) in [4.78, 5) is 46.6. The number of fused-ring (bicyclic) bond motifs is 2. The third-order valence-corrected chi connectivity index (χ3v) is 9.50. The van der Waals surface area contributed by atoms with E-state index in [1.165, 1.54) is 29.8 Å². The predicted molar refractivity (Wildman–Crippen MR) is 184 cm³/mol. The van der Waals surface area contributed by atoms with Crippen LogP contribution in [0.3, 0.4) is 0 Å². The van der Waals surface area contributed by atoms with E-state index in [0.717, 1.165) is 5.56 Å². The maximum Gasteiger partial charge on any atom is 0.411 e. The van der Waals surface area contributed by atoms with E-state index < -0.39 is 45.2 Å². The van der Waals surface area contributed by atoms with Gasteiger partial charge in [0.25, 0.3) is 0 Å². The molecule has 11 nitrogen and oxygen atoms in total. The number of alkyl halides is 3. The minimum absolute atomic E-state index is 0.0365. The van der Waals surface area contributed by atoms with Gasteiger partial charge in [-0.15, -0.1) is 0 Å². The molecule has 4 rings (SSSR count). The Morgan fingerprint density at radius 3 is 2.10 bits per heavy atom. The molecule has 2 atom stereocenters. The average molecular weight is 768 g/mol. The molecule has 2 aliphatic rings. The molecule has 3 heterocycles. The maximum atomic E-state index is 13.6. The number of pyridine rings is 1. The largest absolute Gasteiger partial charge is 0.487 e. The predicted octanol–water partition coefficient (Wildman–Crippen LogP) is 7.97. The van der Waals surface area contributed by atoms with Crippen LogP contribution in [0.4, 0.5) is 9.59 Å². The number of ether oxygens (including phenoxy) is 4. The van der Waals surface area contributed by atoms with Gasteiger partial charge in [0.05, 0.1) is 27.7 Å². The number of piperazine rings is 1. The van der Waals surface area contributed by atoms with E-state index in [1.807, 2.05) is 6.92 Å². The summed E-state index contributed by atoms with van der Waals surface area (Å²) in [5.74, 6) is -0.665. The highest BCUT2D eigenvalue weighted by molar-refractivity contribution is 6.68. The summed E-state index contributed by atoms with van der Waals surface area (Å²) in [5.41, 5.74) is -0.626. The molecule has 0 saturated carbocycles. The highest BCUT2D eigenvalue weighted by atomic mass is 35.6. The van der Waals surface area contributed by atoms with Gasteiger partial charge >= 0.3 is 18.2 Å². The zero-order valence-corrected chi connectivity index (χ0v) is 30.9. The number of hydrogen-bond donors (Lipinski definition) is 1. The molecule has 1 aromatic heterocycles. The molecule has 0 spiro atoms. The Kier molecular flexibility index (Phi) is 11.5. The molecule has 2 amide bonds. The number of halogens is 5. The standard InChI is InChI=1S/C32H36Cl5N3O8/c1-17-11-21(33)26(22(34)12-17)46-10-9-45-24-8-7-18(14-38-24)20-13-19-15-39(28(43)47-30(2,3)4)16-23(25(20)27(41)42)40(19)29(44)48-31(5,6)32(35,36)37/h7-8,11-12,14,19,23H,9-10,13,15-16H2,1-6H3,(H,41,42)/t19-,23-/m1/s1. The van der Waals surface area contributed by atoms with Crippen LogP contribution in [0.1, 0.15) is 52.2 Å². The van der Waals surface area contributed by atoms with Crippen LogP contribution in [0.2, 0.25) is 10.0 Å². The number of carboxylic acid groups (broad SMARTS) is 1. The molecule has 1 aromatic carbocycles. The van der Waals surface area contributed by atoms with Gasteiger partial charge in [0.2, 0.25) is 9.67 Å². The summed E-state index contributed by atoms with van der Waals surface area (Å²) in [7, 11) is 0. The topological polar surface area (TPSA) is 128 Å². The van der Waals surface area contributed by atoms with Crippen LogP contribution in [0, 0.1) is 6.92 Å². The van der Waals surface area contributed by atoms with Crippen molar-refractivity contribution in [1.29, 1.82) is 0 Å². The Morgan fingerprint density at radius 1 is 0.938 bits per heavy atom. The quantitative estimate of drug-likeness (QED) is 0.210. The Morgan fingerprint density at radius 2 is 1.56 bits per heavy atom. The van der Waals surface area contributed by atoms with Crippen LogP contribution in [0.15, 0.2) is 36.0 Å². The van der Waals surface area contributed by atoms with Gasteiger partial charge < -0.3 is 29.0 Å². The van der Waals surface area contributed by atoms with Gasteiger partial charge in [0.1, 0.15) is 18.8 Å². The lowest BCUT2D eigenvalue weighted by molar-refractivity contribution is -0.134. The van der Waals surface area contributed by atoms with Gasteiger partial charge in [-0.3, -0.25) is 4.90 Å². The molecule has 2 bridgehead atoms. The molecule has 2 aliphatic heterocycles. The van der Waals surface area contributed by atoms with E-state index in [0.29, 0.717) is 26.9 Å². The second kappa shape index (κ2) is 14.6. The van der Waals surface area contributed by atoms with Crippen molar-refractivity contribution in [3.05, 3.63) is 57.2 Å². The lowest BCUT2D eigenvalue weighted by Gasteiger charge is -2.50. The lowest BCUT2D eigenvalue weighted by atomic mass is 9.82. The van der Waals surface area contributed by atoms with Crippen molar-refractivity contribution < 1.29 is 38.4 Å². The number of amides is 2. The zero-order chi connectivity index (χ0) is 35.8. The lowest BCUT2D eigenvalue weighted by Crippen LogP contribution is -2.65. The molecule has 1 saturated heterocycles. The van der Waals surface area contributed by atoms with E-state index >= 15 is 0 Å². The minimum atomic E-state index is -1.98. The number of carbonyl (C=O) groups is 3. The van der Waals surface area contributed by atoms with Crippen molar-refractivity contribution in [1.82, 2.24) is 14.8 Å². The molecular weight excluding hydrogens is 732 g/mol. The summed E-state index contributed by atoms with van der Waals surface area (Å²) in [5, 5.41) is 11.3. The number of nitrogens with zero attached hydrogens (tertiary/aromatic N) is 3. The number of carbonyl (C=O) groups excluding carboxylic acids is 2. The molecule has 0 radical (unpaired) electrons.